The number of aliphatic imine (C=N–C) groups is 1. The van der Waals surface area contributed by atoms with Crippen LogP contribution >= 0.6 is 24.0 Å². The van der Waals surface area contributed by atoms with E-state index in [1.807, 2.05) is 20.2 Å². The molecule has 0 aromatic heterocycles. The molecule has 1 aliphatic rings. The number of halogens is 2. The molecule has 154 valence electrons. The Kier molecular flexibility index (Phi) is 10.9. The zero-order chi connectivity index (χ0) is 18.9. The van der Waals surface area contributed by atoms with E-state index in [-0.39, 0.29) is 29.8 Å². The van der Waals surface area contributed by atoms with Crippen LogP contribution in [0.3, 0.4) is 0 Å². The molecule has 0 bridgehead atoms. The molecule has 1 unspecified atom stereocenters. The van der Waals surface area contributed by atoms with Crippen molar-refractivity contribution in [2.45, 2.75) is 13.0 Å². The Hall–Kier alpha value is -1.13. The van der Waals surface area contributed by atoms with Crippen LogP contribution in [0.5, 0.6) is 0 Å². The fourth-order valence-electron chi connectivity index (χ4n) is 3.09. The molecule has 1 N–H and O–H groups in total. The Labute approximate surface area is 179 Å². The number of nitrogens with one attached hydrogen (secondary N) is 1. The minimum atomic E-state index is -0.210. The van der Waals surface area contributed by atoms with E-state index in [2.05, 4.69) is 15.2 Å². The zero-order valence-electron chi connectivity index (χ0n) is 16.7. The minimum absolute atomic E-state index is 0. The second-order valence-corrected chi connectivity index (χ2v) is 6.75. The van der Waals surface area contributed by atoms with E-state index >= 15 is 0 Å². The quantitative estimate of drug-likeness (QED) is 0.261. The van der Waals surface area contributed by atoms with E-state index in [4.69, 9.17) is 9.47 Å². The van der Waals surface area contributed by atoms with Gasteiger partial charge in [-0.2, -0.15) is 0 Å². The Morgan fingerprint density at radius 3 is 2.78 bits per heavy atom. The van der Waals surface area contributed by atoms with Gasteiger partial charge in [0.05, 0.1) is 25.5 Å². The van der Waals surface area contributed by atoms with Crippen molar-refractivity contribution < 1.29 is 13.9 Å². The number of rotatable bonds is 8. The van der Waals surface area contributed by atoms with Gasteiger partial charge in [0.25, 0.3) is 0 Å². The van der Waals surface area contributed by atoms with Crippen LogP contribution in [0.15, 0.2) is 23.2 Å². The first-order valence-electron chi connectivity index (χ1n) is 9.03. The van der Waals surface area contributed by atoms with E-state index in [1.54, 1.807) is 31.2 Å². The third-order valence-electron chi connectivity index (χ3n) is 4.53. The number of likely N-dealkylation sites (tertiary alicyclic amines) is 1. The molecule has 2 rings (SSSR count). The fraction of sp³-hybridized carbons (Fsp3) is 0.632. The Morgan fingerprint density at radius 2 is 2.15 bits per heavy atom. The summed E-state index contributed by atoms with van der Waals surface area (Å²) in [5, 5.41) is 3.34. The summed E-state index contributed by atoms with van der Waals surface area (Å²) in [6.07, 6.45) is 1.08. The van der Waals surface area contributed by atoms with Gasteiger partial charge in [-0.25, -0.2) is 4.39 Å². The molecule has 1 atom stereocenters. The second-order valence-electron chi connectivity index (χ2n) is 6.75. The number of guanidine groups is 1. The molecule has 1 aliphatic heterocycles. The molecular weight excluding hydrogens is 462 g/mol. The average Bonchev–Trinajstić information content (AvgIpc) is 3.08. The normalized spacial score (nSPS) is 17.0. The van der Waals surface area contributed by atoms with Crippen LogP contribution < -0.4 is 10.2 Å². The maximum Gasteiger partial charge on any atom is 0.193 e. The number of benzene rings is 1. The van der Waals surface area contributed by atoms with Crippen molar-refractivity contribution in [3.8, 4) is 0 Å². The summed E-state index contributed by atoms with van der Waals surface area (Å²) in [7, 11) is 7.12. The van der Waals surface area contributed by atoms with Crippen LogP contribution in [-0.2, 0) is 16.0 Å². The van der Waals surface area contributed by atoms with Crippen LogP contribution in [0.4, 0.5) is 10.1 Å². The minimum Gasteiger partial charge on any atom is -0.382 e. The van der Waals surface area contributed by atoms with Crippen molar-refractivity contribution in [1.29, 1.82) is 0 Å². The third kappa shape index (κ3) is 7.42. The summed E-state index contributed by atoms with van der Waals surface area (Å²) in [5.41, 5.74) is 1.49. The first kappa shape index (κ1) is 23.9. The van der Waals surface area contributed by atoms with Crippen molar-refractivity contribution in [3.63, 3.8) is 0 Å². The largest absolute Gasteiger partial charge is 0.382 e. The summed E-state index contributed by atoms with van der Waals surface area (Å²) < 4.78 is 24.7. The van der Waals surface area contributed by atoms with Crippen molar-refractivity contribution in [3.05, 3.63) is 29.6 Å². The standard InChI is InChI=1S/C19H31FN4O2.HI/c1-21-19(24-8-7-16(13-24)14-26-10-9-25-4)22-12-15-5-6-18(23(2)3)17(20)11-15;/h5-6,11,16H,7-10,12-14H2,1-4H3,(H,21,22);1H. The molecule has 6 nitrogen and oxygen atoms in total. The van der Waals surface area contributed by atoms with Gasteiger partial charge < -0.3 is 24.6 Å². The summed E-state index contributed by atoms with van der Waals surface area (Å²) in [6, 6.07) is 5.32. The summed E-state index contributed by atoms with van der Waals surface area (Å²) in [6.45, 7) is 4.42. The Bertz CT molecular complexity index is 601. The highest BCUT2D eigenvalue weighted by atomic mass is 127. The number of methoxy groups -OCH3 is 1. The highest BCUT2D eigenvalue weighted by Crippen LogP contribution is 2.19. The molecule has 27 heavy (non-hydrogen) atoms. The molecule has 1 saturated heterocycles. The number of anilines is 1. The average molecular weight is 494 g/mol. The monoisotopic (exact) mass is 494 g/mol. The highest BCUT2D eigenvalue weighted by molar-refractivity contribution is 14.0. The van der Waals surface area contributed by atoms with Crippen LogP contribution in [0, 0.1) is 11.7 Å². The number of hydrogen-bond acceptors (Lipinski definition) is 4. The summed E-state index contributed by atoms with van der Waals surface area (Å²) in [5.74, 6) is 1.14. The predicted molar refractivity (Wildman–Crippen MR) is 119 cm³/mol. The molecule has 1 aromatic rings. The fourth-order valence-corrected chi connectivity index (χ4v) is 3.09. The van der Waals surface area contributed by atoms with E-state index in [1.165, 1.54) is 0 Å². The van der Waals surface area contributed by atoms with Crippen LogP contribution in [-0.4, -0.2) is 72.0 Å². The van der Waals surface area contributed by atoms with E-state index < -0.39 is 0 Å². The number of nitrogens with zero attached hydrogens (tertiary/aromatic N) is 3. The molecule has 8 heteroatoms. The molecule has 0 aliphatic carbocycles. The SMILES string of the molecule is CN=C(NCc1ccc(N(C)C)c(F)c1)N1CCC(COCCOC)C1.I. The van der Waals surface area contributed by atoms with Gasteiger partial charge in [-0.05, 0) is 24.1 Å². The van der Waals surface area contributed by atoms with E-state index in [0.717, 1.165) is 37.6 Å². The highest BCUT2D eigenvalue weighted by Gasteiger charge is 2.24. The molecule has 0 radical (unpaired) electrons. The lowest BCUT2D eigenvalue weighted by Gasteiger charge is -2.22. The van der Waals surface area contributed by atoms with Crippen LogP contribution in [0.25, 0.3) is 0 Å². The molecule has 0 amide bonds. The molecular formula is C19H32FIN4O2. The molecule has 0 spiro atoms. The number of ether oxygens (including phenoxy) is 2. The summed E-state index contributed by atoms with van der Waals surface area (Å²) >= 11 is 0. The van der Waals surface area contributed by atoms with Gasteiger partial charge >= 0.3 is 0 Å². The smallest absolute Gasteiger partial charge is 0.193 e. The zero-order valence-corrected chi connectivity index (χ0v) is 19.0. The topological polar surface area (TPSA) is 49.3 Å². The Morgan fingerprint density at radius 1 is 1.37 bits per heavy atom. The van der Waals surface area contributed by atoms with E-state index in [9.17, 15) is 4.39 Å². The van der Waals surface area contributed by atoms with E-state index in [0.29, 0.717) is 31.4 Å². The first-order valence-corrected chi connectivity index (χ1v) is 9.03. The molecule has 1 heterocycles. The van der Waals surface area contributed by atoms with Gasteiger partial charge in [-0.1, -0.05) is 6.07 Å². The van der Waals surface area contributed by atoms with Gasteiger partial charge in [-0.3, -0.25) is 4.99 Å². The lowest BCUT2D eigenvalue weighted by Crippen LogP contribution is -2.39. The lowest BCUT2D eigenvalue weighted by molar-refractivity contribution is 0.0536. The molecule has 1 fully saturated rings. The van der Waals surface area contributed by atoms with Crippen molar-refractivity contribution in [2.24, 2.45) is 10.9 Å². The number of hydrogen-bond donors (Lipinski definition) is 1. The summed E-state index contributed by atoms with van der Waals surface area (Å²) in [4.78, 5) is 8.37. The van der Waals surface area contributed by atoms with Crippen molar-refractivity contribution in [1.82, 2.24) is 10.2 Å². The maximum absolute atomic E-state index is 14.1. The molecule has 0 saturated carbocycles. The second kappa shape index (κ2) is 12.4. The lowest BCUT2D eigenvalue weighted by atomic mass is 10.1. The van der Waals surface area contributed by atoms with Crippen LogP contribution in [0.2, 0.25) is 0 Å². The van der Waals surface area contributed by atoms with Crippen molar-refractivity contribution >= 4 is 35.6 Å². The predicted octanol–water partition coefficient (Wildman–Crippen LogP) is 2.57. The first-order chi connectivity index (χ1) is 12.5. The molecule has 1 aromatic carbocycles. The van der Waals surface area contributed by atoms with Gasteiger partial charge in [0, 0.05) is 53.8 Å². The van der Waals surface area contributed by atoms with Gasteiger partial charge in [-0.15, -0.1) is 24.0 Å². The third-order valence-corrected chi connectivity index (χ3v) is 4.53. The van der Waals surface area contributed by atoms with Crippen LogP contribution in [0.1, 0.15) is 12.0 Å². The van der Waals surface area contributed by atoms with Gasteiger partial charge in [0.1, 0.15) is 5.82 Å². The Balaban J connectivity index is 0.00000364. The van der Waals surface area contributed by atoms with Gasteiger partial charge in [0.15, 0.2) is 5.96 Å². The maximum atomic E-state index is 14.1. The van der Waals surface area contributed by atoms with Gasteiger partial charge in [0.2, 0.25) is 0 Å². The van der Waals surface area contributed by atoms with Crippen molar-refractivity contribution in [2.75, 3.05) is 66.1 Å².